The molecule has 0 aliphatic rings. The lowest BCUT2D eigenvalue weighted by molar-refractivity contribution is 0.663. The van der Waals surface area contributed by atoms with Crippen molar-refractivity contribution in [2.24, 2.45) is 0 Å². The smallest absolute Gasteiger partial charge is 0.137 e. The van der Waals surface area contributed by atoms with Crippen LogP contribution in [0.4, 0.5) is 0 Å². The van der Waals surface area contributed by atoms with Gasteiger partial charge in [0, 0.05) is 31.2 Å². The number of aromatic nitrogens is 4. The summed E-state index contributed by atoms with van der Waals surface area (Å²) in [6.07, 6.45) is 5.56. The molecule has 18 heavy (non-hydrogen) atoms. The van der Waals surface area contributed by atoms with E-state index in [2.05, 4.69) is 24.7 Å². The Morgan fingerprint density at radius 1 is 1.33 bits per heavy atom. The average molecular weight is 241 g/mol. The Bertz CT molecular complexity index is 639. The number of nitrogens with zero attached hydrogens (tertiary/aromatic N) is 3. The first kappa shape index (κ1) is 11.0. The van der Waals surface area contributed by atoms with E-state index in [1.165, 1.54) is 5.69 Å². The first-order valence-corrected chi connectivity index (χ1v) is 5.95. The molecular weight excluding hydrogens is 226 g/mol. The zero-order valence-electron chi connectivity index (χ0n) is 10.2. The molecule has 3 rings (SSSR count). The Hall–Kier alpha value is -2.14. The SMILES string of the molecule is Cc1nc2ccccn2c1CNCc1cnc[nH]1. The van der Waals surface area contributed by atoms with Crippen LogP contribution in [0.3, 0.4) is 0 Å². The zero-order chi connectivity index (χ0) is 12.4. The monoisotopic (exact) mass is 241 g/mol. The van der Waals surface area contributed by atoms with Gasteiger partial charge in [0.05, 0.1) is 17.7 Å². The van der Waals surface area contributed by atoms with E-state index in [0.717, 1.165) is 30.1 Å². The molecule has 0 atom stereocenters. The summed E-state index contributed by atoms with van der Waals surface area (Å²) in [7, 11) is 0. The number of rotatable bonds is 4. The molecule has 3 aromatic heterocycles. The zero-order valence-corrected chi connectivity index (χ0v) is 10.2. The van der Waals surface area contributed by atoms with Crippen LogP contribution in [-0.2, 0) is 13.1 Å². The molecular formula is C13H15N5. The lowest BCUT2D eigenvalue weighted by Gasteiger charge is -2.04. The predicted molar refractivity (Wildman–Crippen MR) is 69.1 cm³/mol. The molecule has 5 heteroatoms. The number of H-pyrrole nitrogens is 1. The van der Waals surface area contributed by atoms with E-state index in [-0.39, 0.29) is 0 Å². The summed E-state index contributed by atoms with van der Waals surface area (Å²) in [6.45, 7) is 3.61. The van der Waals surface area contributed by atoms with Crippen LogP contribution < -0.4 is 5.32 Å². The van der Waals surface area contributed by atoms with E-state index in [1.54, 1.807) is 6.33 Å². The largest absolute Gasteiger partial charge is 0.347 e. The number of hydrogen-bond donors (Lipinski definition) is 2. The maximum atomic E-state index is 4.53. The van der Waals surface area contributed by atoms with Crippen molar-refractivity contribution in [3.8, 4) is 0 Å². The summed E-state index contributed by atoms with van der Waals surface area (Å²) in [5, 5.41) is 3.39. The Balaban J connectivity index is 1.76. The van der Waals surface area contributed by atoms with Crippen molar-refractivity contribution in [1.29, 1.82) is 0 Å². The Morgan fingerprint density at radius 2 is 2.28 bits per heavy atom. The lowest BCUT2D eigenvalue weighted by atomic mass is 10.3. The van der Waals surface area contributed by atoms with Gasteiger partial charge in [0.15, 0.2) is 0 Å². The quantitative estimate of drug-likeness (QED) is 0.730. The summed E-state index contributed by atoms with van der Waals surface area (Å²) in [5.41, 5.74) is 4.35. The fourth-order valence-corrected chi connectivity index (χ4v) is 2.07. The average Bonchev–Trinajstić information content (AvgIpc) is 2.98. The van der Waals surface area contributed by atoms with Gasteiger partial charge in [0.1, 0.15) is 5.65 Å². The highest BCUT2D eigenvalue weighted by molar-refractivity contribution is 5.42. The number of nitrogens with one attached hydrogen (secondary N) is 2. The summed E-state index contributed by atoms with van der Waals surface area (Å²) >= 11 is 0. The molecule has 2 N–H and O–H groups in total. The van der Waals surface area contributed by atoms with Crippen molar-refractivity contribution in [2.75, 3.05) is 0 Å². The normalized spacial score (nSPS) is 11.2. The van der Waals surface area contributed by atoms with E-state index < -0.39 is 0 Å². The molecule has 92 valence electrons. The fraction of sp³-hybridized carbons (Fsp3) is 0.231. The van der Waals surface area contributed by atoms with Crippen molar-refractivity contribution in [3.63, 3.8) is 0 Å². The third kappa shape index (κ3) is 2.00. The van der Waals surface area contributed by atoms with Crippen LogP contribution in [0.15, 0.2) is 36.9 Å². The molecule has 3 heterocycles. The van der Waals surface area contributed by atoms with Crippen LogP contribution in [0, 0.1) is 6.92 Å². The third-order valence-corrected chi connectivity index (χ3v) is 2.99. The highest BCUT2D eigenvalue weighted by Crippen LogP contribution is 2.11. The van der Waals surface area contributed by atoms with Crippen LogP contribution in [0.25, 0.3) is 5.65 Å². The third-order valence-electron chi connectivity index (χ3n) is 2.99. The number of aromatic amines is 1. The van der Waals surface area contributed by atoms with E-state index >= 15 is 0 Å². The maximum absolute atomic E-state index is 4.53. The van der Waals surface area contributed by atoms with Crippen molar-refractivity contribution in [1.82, 2.24) is 24.7 Å². The molecule has 0 spiro atoms. The van der Waals surface area contributed by atoms with Crippen LogP contribution >= 0.6 is 0 Å². The van der Waals surface area contributed by atoms with Crippen molar-refractivity contribution in [2.45, 2.75) is 20.0 Å². The van der Waals surface area contributed by atoms with Crippen molar-refractivity contribution < 1.29 is 0 Å². The molecule has 0 saturated heterocycles. The molecule has 0 aliphatic heterocycles. The van der Waals surface area contributed by atoms with Gasteiger partial charge in [-0.15, -0.1) is 0 Å². The van der Waals surface area contributed by atoms with Gasteiger partial charge in [0.25, 0.3) is 0 Å². The minimum atomic E-state index is 0.777. The number of aryl methyl sites for hydroxylation is 1. The van der Waals surface area contributed by atoms with Crippen LogP contribution in [0.1, 0.15) is 17.1 Å². The minimum absolute atomic E-state index is 0.777. The summed E-state index contributed by atoms with van der Waals surface area (Å²) in [4.78, 5) is 11.6. The second kappa shape index (κ2) is 4.62. The van der Waals surface area contributed by atoms with E-state index in [9.17, 15) is 0 Å². The number of imidazole rings is 2. The van der Waals surface area contributed by atoms with Gasteiger partial charge in [-0.1, -0.05) is 6.07 Å². The van der Waals surface area contributed by atoms with Crippen molar-refractivity contribution >= 4 is 5.65 Å². The molecule has 0 aromatic carbocycles. The Morgan fingerprint density at radius 3 is 3.11 bits per heavy atom. The van der Waals surface area contributed by atoms with Gasteiger partial charge in [-0.2, -0.15) is 0 Å². The van der Waals surface area contributed by atoms with Gasteiger partial charge < -0.3 is 14.7 Å². The molecule has 3 aromatic rings. The van der Waals surface area contributed by atoms with Gasteiger partial charge in [-0.25, -0.2) is 9.97 Å². The highest BCUT2D eigenvalue weighted by Gasteiger charge is 2.07. The summed E-state index contributed by atoms with van der Waals surface area (Å²) < 4.78 is 2.12. The molecule has 5 nitrogen and oxygen atoms in total. The molecule has 0 aliphatic carbocycles. The second-order valence-electron chi connectivity index (χ2n) is 4.25. The highest BCUT2D eigenvalue weighted by atomic mass is 15.0. The first-order chi connectivity index (χ1) is 8.84. The Labute approximate surface area is 105 Å². The number of pyridine rings is 1. The number of hydrogen-bond acceptors (Lipinski definition) is 3. The predicted octanol–water partition coefficient (Wildman–Crippen LogP) is 1.66. The summed E-state index contributed by atoms with van der Waals surface area (Å²) in [6, 6.07) is 6.04. The standard InChI is InChI=1S/C13H15N5/c1-10-12(8-14-6-11-7-15-9-16-11)18-5-3-2-4-13(18)17-10/h2-5,7,9,14H,6,8H2,1H3,(H,15,16). The van der Waals surface area contributed by atoms with Crippen molar-refractivity contribution in [3.05, 3.63) is 54.0 Å². The fourth-order valence-electron chi connectivity index (χ4n) is 2.07. The summed E-state index contributed by atoms with van der Waals surface area (Å²) in [5.74, 6) is 0. The molecule has 0 unspecified atom stereocenters. The lowest BCUT2D eigenvalue weighted by Crippen LogP contribution is -2.15. The Kier molecular flexibility index (Phi) is 2.82. The van der Waals surface area contributed by atoms with Crippen LogP contribution in [-0.4, -0.2) is 19.4 Å². The molecule has 0 fully saturated rings. The van der Waals surface area contributed by atoms with E-state index in [1.807, 2.05) is 37.5 Å². The molecule has 0 amide bonds. The minimum Gasteiger partial charge on any atom is -0.347 e. The first-order valence-electron chi connectivity index (χ1n) is 5.95. The van der Waals surface area contributed by atoms with E-state index in [4.69, 9.17) is 0 Å². The van der Waals surface area contributed by atoms with Crippen LogP contribution in [0.2, 0.25) is 0 Å². The van der Waals surface area contributed by atoms with E-state index in [0.29, 0.717) is 0 Å². The van der Waals surface area contributed by atoms with Crippen LogP contribution in [0.5, 0.6) is 0 Å². The second-order valence-corrected chi connectivity index (χ2v) is 4.25. The van der Waals surface area contributed by atoms with Gasteiger partial charge in [0.2, 0.25) is 0 Å². The maximum Gasteiger partial charge on any atom is 0.137 e. The van der Waals surface area contributed by atoms with Gasteiger partial charge in [-0.3, -0.25) is 0 Å². The van der Waals surface area contributed by atoms with Gasteiger partial charge in [-0.05, 0) is 19.1 Å². The van der Waals surface area contributed by atoms with Gasteiger partial charge >= 0.3 is 0 Å². The molecule has 0 radical (unpaired) electrons. The molecule has 0 saturated carbocycles. The number of fused-ring (bicyclic) bond motifs is 1. The topological polar surface area (TPSA) is 58.0 Å². The molecule has 0 bridgehead atoms.